The second kappa shape index (κ2) is 4.59. The smallest absolute Gasteiger partial charge is 0.139 e. The van der Waals surface area contributed by atoms with Crippen LogP contribution in [0.3, 0.4) is 0 Å². The average Bonchev–Trinajstić information content (AvgIpc) is 2.72. The first kappa shape index (κ1) is 12.6. The fourth-order valence-corrected chi connectivity index (χ4v) is 2.81. The molecule has 0 aliphatic rings. The van der Waals surface area contributed by atoms with Gasteiger partial charge < -0.3 is 4.98 Å². The summed E-state index contributed by atoms with van der Waals surface area (Å²) in [5.74, 6) is 0.556. The lowest BCUT2D eigenvalue weighted by molar-refractivity contribution is 0.627. The molecule has 3 aromatic rings. The quantitative estimate of drug-likeness (QED) is 0.627. The summed E-state index contributed by atoms with van der Waals surface area (Å²) in [6.45, 7) is 4.15. The molecule has 1 aromatic heterocycles. The number of halogens is 2. The van der Waals surface area contributed by atoms with E-state index in [4.69, 9.17) is 0 Å². The van der Waals surface area contributed by atoms with Crippen molar-refractivity contribution >= 4 is 33.6 Å². The summed E-state index contributed by atoms with van der Waals surface area (Å²) in [6, 6.07) is 8.90. The minimum absolute atomic E-state index is 0.226. The van der Waals surface area contributed by atoms with Crippen LogP contribution in [0.15, 0.2) is 30.3 Å². The van der Waals surface area contributed by atoms with Crippen molar-refractivity contribution in [2.24, 2.45) is 0 Å². The number of nitrogens with zero attached hydrogens (tertiary/aromatic N) is 1. The number of aromatic nitrogens is 2. The molecule has 0 bridgehead atoms. The third-order valence-electron chi connectivity index (χ3n) is 3.28. The van der Waals surface area contributed by atoms with Crippen LogP contribution in [0, 0.1) is 23.2 Å². The maximum atomic E-state index is 13.1. The molecule has 0 aliphatic carbocycles. The molecule has 0 saturated heterocycles. The van der Waals surface area contributed by atoms with Crippen LogP contribution in [0.4, 0.5) is 4.39 Å². The molecule has 2 nitrogen and oxygen atoms in total. The zero-order valence-electron chi connectivity index (χ0n) is 10.6. The number of aromatic amines is 1. The van der Waals surface area contributed by atoms with E-state index < -0.39 is 0 Å². The monoisotopic (exact) mass is 366 g/mol. The highest BCUT2D eigenvalue weighted by atomic mass is 127. The summed E-state index contributed by atoms with van der Waals surface area (Å²) in [4.78, 5) is 7.89. The summed E-state index contributed by atoms with van der Waals surface area (Å²) in [5, 5.41) is 0. The van der Waals surface area contributed by atoms with Gasteiger partial charge in [0.05, 0.1) is 11.0 Å². The predicted molar refractivity (Wildman–Crippen MR) is 83.7 cm³/mol. The molecule has 0 aliphatic heterocycles. The van der Waals surface area contributed by atoms with Crippen LogP contribution in [0.1, 0.15) is 11.1 Å². The number of nitrogens with one attached hydrogen (secondary N) is 1. The molecule has 0 atom stereocenters. The molecule has 2 aromatic carbocycles. The molecule has 4 heteroatoms. The molecule has 0 amide bonds. The molecule has 19 heavy (non-hydrogen) atoms. The van der Waals surface area contributed by atoms with Crippen LogP contribution in [-0.2, 0) is 0 Å². The van der Waals surface area contributed by atoms with Crippen LogP contribution >= 0.6 is 22.6 Å². The number of benzene rings is 2. The topological polar surface area (TPSA) is 28.7 Å². The first-order chi connectivity index (χ1) is 9.04. The Hall–Kier alpha value is -1.43. The van der Waals surface area contributed by atoms with Gasteiger partial charge in [-0.05, 0) is 77.9 Å². The molecule has 96 valence electrons. The van der Waals surface area contributed by atoms with Crippen molar-refractivity contribution in [1.29, 1.82) is 0 Å². The van der Waals surface area contributed by atoms with Gasteiger partial charge in [-0.1, -0.05) is 0 Å². The Morgan fingerprint density at radius 1 is 1.11 bits per heavy atom. The van der Waals surface area contributed by atoms with Crippen LogP contribution in [0.25, 0.3) is 22.4 Å². The second-order valence-corrected chi connectivity index (χ2v) is 5.83. The molecule has 3 rings (SSSR count). The minimum Gasteiger partial charge on any atom is -0.338 e. The van der Waals surface area contributed by atoms with E-state index in [2.05, 4.69) is 58.5 Å². The number of hydrogen-bond acceptors (Lipinski definition) is 1. The molecule has 0 fully saturated rings. The Kier molecular flexibility index (Phi) is 3.05. The summed E-state index contributed by atoms with van der Waals surface area (Å²) < 4.78 is 14.0. The van der Waals surface area contributed by atoms with Crippen molar-refractivity contribution in [3.8, 4) is 11.4 Å². The fraction of sp³-hybridized carbons (Fsp3) is 0.133. The lowest BCUT2D eigenvalue weighted by Gasteiger charge is -2.00. The maximum Gasteiger partial charge on any atom is 0.139 e. The third kappa shape index (κ3) is 2.25. The van der Waals surface area contributed by atoms with Crippen molar-refractivity contribution in [3.05, 3.63) is 50.8 Å². The number of fused-ring (bicyclic) bond motifs is 1. The van der Waals surface area contributed by atoms with Crippen LogP contribution in [-0.4, -0.2) is 9.97 Å². The second-order valence-electron chi connectivity index (χ2n) is 4.66. The first-order valence-corrected chi connectivity index (χ1v) is 7.05. The highest BCUT2D eigenvalue weighted by Crippen LogP contribution is 2.26. The van der Waals surface area contributed by atoms with Gasteiger partial charge in [-0.25, -0.2) is 9.37 Å². The molecule has 0 radical (unpaired) electrons. The first-order valence-electron chi connectivity index (χ1n) is 5.97. The highest BCUT2D eigenvalue weighted by molar-refractivity contribution is 14.1. The van der Waals surface area contributed by atoms with E-state index in [0.29, 0.717) is 0 Å². The lowest BCUT2D eigenvalue weighted by Crippen LogP contribution is -1.86. The summed E-state index contributed by atoms with van der Waals surface area (Å²) in [6.07, 6.45) is 0. The minimum atomic E-state index is -0.226. The zero-order chi connectivity index (χ0) is 13.6. The zero-order valence-corrected chi connectivity index (χ0v) is 12.7. The molecule has 0 unspecified atom stereocenters. The van der Waals surface area contributed by atoms with E-state index in [1.165, 1.54) is 23.3 Å². The Bertz CT molecular complexity index is 738. The van der Waals surface area contributed by atoms with Crippen LogP contribution in [0.5, 0.6) is 0 Å². The van der Waals surface area contributed by atoms with Gasteiger partial charge in [0, 0.05) is 9.13 Å². The van der Waals surface area contributed by atoms with E-state index >= 15 is 0 Å². The number of imidazole rings is 1. The Labute approximate surface area is 124 Å². The van der Waals surface area contributed by atoms with Crippen molar-refractivity contribution < 1.29 is 4.39 Å². The van der Waals surface area contributed by atoms with Crippen molar-refractivity contribution in [2.75, 3.05) is 0 Å². The van der Waals surface area contributed by atoms with E-state index in [0.717, 1.165) is 26.0 Å². The maximum absolute atomic E-state index is 13.1. The van der Waals surface area contributed by atoms with Gasteiger partial charge in [-0.2, -0.15) is 0 Å². The number of hydrogen-bond donors (Lipinski definition) is 1. The molecule has 0 spiro atoms. The van der Waals surface area contributed by atoms with Crippen LogP contribution < -0.4 is 0 Å². The molecular formula is C15H12FIN2. The van der Waals surface area contributed by atoms with E-state index in [1.807, 2.05) is 0 Å². The third-order valence-corrected chi connectivity index (χ3v) is 4.18. The van der Waals surface area contributed by atoms with Gasteiger partial charge in [0.25, 0.3) is 0 Å². The van der Waals surface area contributed by atoms with E-state index in [1.54, 1.807) is 6.07 Å². The number of rotatable bonds is 1. The van der Waals surface area contributed by atoms with Gasteiger partial charge in [0.2, 0.25) is 0 Å². The Balaban J connectivity index is 2.20. The Morgan fingerprint density at radius 2 is 1.84 bits per heavy atom. The van der Waals surface area contributed by atoms with Crippen molar-refractivity contribution in [2.45, 2.75) is 13.8 Å². The predicted octanol–water partition coefficient (Wildman–Crippen LogP) is 4.59. The fourth-order valence-electron chi connectivity index (χ4n) is 2.08. The van der Waals surface area contributed by atoms with Crippen molar-refractivity contribution in [1.82, 2.24) is 9.97 Å². The van der Waals surface area contributed by atoms with Gasteiger partial charge in [-0.15, -0.1) is 0 Å². The lowest BCUT2D eigenvalue weighted by atomic mass is 10.1. The van der Waals surface area contributed by atoms with E-state index in [-0.39, 0.29) is 5.82 Å². The highest BCUT2D eigenvalue weighted by Gasteiger charge is 2.10. The van der Waals surface area contributed by atoms with Gasteiger partial charge in [0.1, 0.15) is 11.6 Å². The summed E-state index contributed by atoms with van der Waals surface area (Å²) >= 11 is 2.13. The standard InChI is InChI=1S/C15H12FIN2/c1-8-5-13-14(6-9(8)2)19-15(18-13)11-4-3-10(16)7-12(11)17/h3-7H,1-2H3,(H,18,19). The normalized spacial score (nSPS) is 11.2. The van der Waals surface area contributed by atoms with Gasteiger partial charge in [0.15, 0.2) is 0 Å². The SMILES string of the molecule is Cc1cc2nc(-c3ccc(F)cc3I)[nH]c2cc1C. The molecule has 0 saturated carbocycles. The molecule has 1 heterocycles. The molecule has 1 N–H and O–H groups in total. The van der Waals surface area contributed by atoms with Crippen molar-refractivity contribution in [3.63, 3.8) is 0 Å². The summed E-state index contributed by atoms with van der Waals surface area (Å²) in [7, 11) is 0. The van der Waals surface area contributed by atoms with E-state index in [9.17, 15) is 4.39 Å². The van der Waals surface area contributed by atoms with Crippen LogP contribution in [0.2, 0.25) is 0 Å². The number of H-pyrrole nitrogens is 1. The largest absolute Gasteiger partial charge is 0.338 e. The molecular weight excluding hydrogens is 354 g/mol. The average molecular weight is 366 g/mol. The van der Waals surface area contributed by atoms with Gasteiger partial charge >= 0.3 is 0 Å². The van der Waals surface area contributed by atoms with Gasteiger partial charge in [-0.3, -0.25) is 0 Å². The Morgan fingerprint density at radius 3 is 2.58 bits per heavy atom. The number of aryl methyl sites for hydroxylation is 2. The summed E-state index contributed by atoms with van der Waals surface area (Å²) in [5.41, 5.74) is 5.33.